The van der Waals surface area contributed by atoms with E-state index < -0.39 is 36.3 Å². The molecule has 2 amide bonds. The van der Waals surface area contributed by atoms with Gasteiger partial charge in [-0.3, -0.25) is 10.3 Å². The molecule has 0 spiro atoms. The maximum atomic E-state index is 13.1. The van der Waals surface area contributed by atoms with Crippen LogP contribution in [0.2, 0.25) is 10.0 Å². The van der Waals surface area contributed by atoms with E-state index in [1.54, 1.807) is 31.4 Å². The van der Waals surface area contributed by atoms with Crippen molar-refractivity contribution in [1.82, 2.24) is 25.0 Å². The van der Waals surface area contributed by atoms with Crippen LogP contribution < -0.4 is 10.6 Å². The van der Waals surface area contributed by atoms with E-state index in [2.05, 4.69) is 20.7 Å². The lowest BCUT2D eigenvalue weighted by Gasteiger charge is -2.26. The fraction of sp³-hybridized carbons (Fsp3) is 0.360. The minimum Gasteiger partial charge on any atom is -0.382 e. The van der Waals surface area contributed by atoms with Crippen molar-refractivity contribution in [2.24, 2.45) is 0 Å². The largest absolute Gasteiger partial charge is 0.416 e. The number of carbonyl (C=O) groups is 1. The molecule has 0 bridgehead atoms. The van der Waals surface area contributed by atoms with E-state index in [9.17, 15) is 23.1 Å². The number of alkyl halides is 3. The van der Waals surface area contributed by atoms with Crippen molar-refractivity contribution in [3.05, 3.63) is 70.0 Å². The summed E-state index contributed by atoms with van der Waals surface area (Å²) in [7, 11) is 1.56. The Bertz CT molecular complexity index is 1330. The van der Waals surface area contributed by atoms with Crippen molar-refractivity contribution in [2.75, 3.05) is 25.5 Å². The molecule has 15 heteroatoms. The van der Waals surface area contributed by atoms with Crippen LogP contribution in [0.15, 0.2) is 48.5 Å². The van der Waals surface area contributed by atoms with Crippen LogP contribution in [0.1, 0.15) is 25.2 Å². The molecule has 0 aliphatic rings. The van der Waals surface area contributed by atoms with Crippen molar-refractivity contribution in [3.63, 3.8) is 0 Å². The van der Waals surface area contributed by atoms with Gasteiger partial charge in [0.2, 0.25) is 5.95 Å². The van der Waals surface area contributed by atoms with Gasteiger partial charge in [0.15, 0.2) is 11.9 Å². The van der Waals surface area contributed by atoms with Crippen LogP contribution in [-0.4, -0.2) is 74.7 Å². The molecule has 0 saturated carbocycles. The van der Waals surface area contributed by atoms with Gasteiger partial charge in [-0.15, -0.1) is 5.10 Å². The average Bonchev–Trinajstić information content (AvgIpc) is 3.31. The second-order valence-electron chi connectivity index (χ2n) is 9.21. The molecule has 3 rings (SSSR count). The van der Waals surface area contributed by atoms with Gasteiger partial charge < -0.3 is 20.5 Å². The van der Waals surface area contributed by atoms with E-state index in [-0.39, 0.29) is 23.9 Å². The molecule has 40 heavy (non-hydrogen) atoms. The third kappa shape index (κ3) is 8.07. The third-order valence-electron chi connectivity index (χ3n) is 5.72. The van der Waals surface area contributed by atoms with Gasteiger partial charge >= 0.3 is 12.2 Å². The molecular weight excluding hydrogens is 574 g/mol. The first kappa shape index (κ1) is 31.1. The number of benzene rings is 2. The molecule has 0 radical (unpaired) electrons. The van der Waals surface area contributed by atoms with E-state index in [1.165, 1.54) is 28.9 Å². The maximum Gasteiger partial charge on any atom is 0.416 e. The highest BCUT2D eigenvalue weighted by Gasteiger charge is 2.41. The number of carbonyl (C=O) groups excluding carboxylic acids is 1. The monoisotopic (exact) mass is 601 g/mol. The van der Waals surface area contributed by atoms with Crippen molar-refractivity contribution >= 4 is 41.0 Å². The predicted octanol–water partition coefficient (Wildman–Crippen LogP) is 4.87. The number of amides is 2. The Hall–Kier alpha value is -3.39. The lowest BCUT2D eigenvalue weighted by Crippen LogP contribution is -2.50. The number of nitrogens with one attached hydrogen (secondary N) is 3. The molecule has 1 atom stereocenters. The summed E-state index contributed by atoms with van der Waals surface area (Å²) in [6.45, 7) is 2.52. The van der Waals surface area contributed by atoms with Crippen LogP contribution in [-0.2, 0) is 11.3 Å². The van der Waals surface area contributed by atoms with Gasteiger partial charge in [0.25, 0.3) is 0 Å². The summed E-state index contributed by atoms with van der Waals surface area (Å²) >= 11 is 12.2. The summed E-state index contributed by atoms with van der Waals surface area (Å²) in [6, 6.07) is 11.4. The lowest BCUT2D eigenvalue weighted by atomic mass is 10.1. The van der Waals surface area contributed by atoms with Crippen LogP contribution >= 0.6 is 23.2 Å². The van der Waals surface area contributed by atoms with Crippen molar-refractivity contribution in [3.8, 4) is 5.69 Å². The molecule has 0 aliphatic heterocycles. The number of aromatic nitrogens is 3. The zero-order valence-corrected chi connectivity index (χ0v) is 23.3. The van der Waals surface area contributed by atoms with Gasteiger partial charge in [0.1, 0.15) is 5.84 Å². The molecule has 2 aromatic carbocycles. The Morgan fingerprint density at radius 1 is 1.18 bits per heavy atom. The Labute approximate surface area is 238 Å². The van der Waals surface area contributed by atoms with E-state index in [1.807, 2.05) is 13.8 Å². The van der Waals surface area contributed by atoms with Gasteiger partial charge in [-0.1, -0.05) is 35.3 Å². The topological polar surface area (TPSA) is 128 Å². The number of aliphatic hydroxyl groups is 1. The lowest BCUT2D eigenvalue weighted by molar-refractivity contribution is -0.204. The third-order valence-corrected chi connectivity index (χ3v) is 6.29. The van der Waals surface area contributed by atoms with Crippen LogP contribution in [0.4, 0.5) is 23.9 Å². The molecule has 1 heterocycles. The molecular formula is C25H28Cl2F3N7O3. The zero-order chi connectivity index (χ0) is 29.7. The van der Waals surface area contributed by atoms with Crippen molar-refractivity contribution < 1.29 is 27.8 Å². The number of halogens is 5. The number of anilines is 1. The number of hydrogen-bond acceptors (Lipinski definition) is 7. The molecule has 0 aliphatic carbocycles. The number of nitrogens with zero attached hydrogens (tertiary/aromatic N) is 4. The molecule has 10 nitrogen and oxygen atoms in total. The number of aliphatic hydroxyl groups excluding tert-OH is 1. The minimum atomic E-state index is -5.01. The highest BCUT2D eigenvalue weighted by molar-refractivity contribution is 6.32. The Morgan fingerprint density at radius 2 is 1.82 bits per heavy atom. The molecule has 216 valence electrons. The van der Waals surface area contributed by atoms with Crippen molar-refractivity contribution in [1.29, 1.82) is 5.41 Å². The van der Waals surface area contributed by atoms with Crippen molar-refractivity contribution in [2.45, 2.75) is 38.3 Å². The minimum absolute atomic E-state index is 0.0975. The Kier molecular flexibility index (Phi) is 10.0. The number of para-hydroxylation sites is 1. The van der Waals surface area contributed by atoms with Gasteiger partial charge in [-0.2, -0.15) is 22.8 Å². The van der Waals surface area contributed by atoms with E-state index in [0.717, 1.165) is 0 Å². The number of amidine groups is 1. The SMILES string of the molecule is COC(C)(C)CNc1nc(CNC(=O)N(C[C@H](O)C(F)(F)F)C(=N)c2ccc(Cl)cc2)nn1-c1ccccc1Cl. The summed E-state index contributed by atoms with van der Waals surface area (Å²) in [6.07, 6.45) is -7.90. The normalized spacial score (nSPS) is 12.6. The molecule has 3 aromatic rings. The fourth-order valence-electron chi connectivity index (χ4n) is 3.27. The number of ether oxygens (including phenoxy) is 1. The van der Waals surface area contributed by atoms with E-state index in [4.69, 9.17) is 33.3 Å². The highest BCUT2D eigenvalue weighted by atomic mass is 35.5. The molecule has 0 fully saturated rings. The van der Waals surface area contributed by atoms with Gasteiger partial charge in [-0.05, 0) is 50.2 Å². The molecule has 1 aromatic heterocycles. The molecule has 0 unspecified atom stereocenters. The summed E-state index contributed by atoms with van der Waals surface area (Å²) in [4.78, 5) is 17.9. The van der Waals surface area contributed by atoms with Gasteiger partial charge in [0, 0.05) is 24.2 Å². The summed E-state index contributed by atoms with van der Waals surface area (Å²) in [5.74, 6) is -0.197. The molecule has 4 N–H and O–H groups in total. The van der Waals surface area contributed by atoms with Crippen LogP contribution in [0.5, 0.6) is 0 Å². The highest BCUT2D eigenvalue weighted by Crippen LogP contribution is 2.24. The van der Waals surface area contributed by atoms with E-state index >= 15 is 0 Å². The number of rotatable bonds is 10. The average molecular weight is 602 g/mol. The summed E-state index contributed by atoms with van der Waals surface area (Å²) < 4.78 is 46.2. The first-order chi connectivity index (χ1) is 18.7. The smallest absolute Gasteiger partial charge is 0.382 e. The van der Waals surface area contributed by atoms with Crippen LogP contribution in [0, 0.1) is 5.41 Å². The number of urea groups is 1. The van der Waals surface area contributed by atoms with E-state index in [0.29, 0.717) is 27.2 Å². The quantitative estimate of drug-likeness (QED) is 0.194. The Morgan fingerprint density at radius 3 is 2.42 bits per heavy atom. The standard InChI is InChI=1S/C25H28Cl2F3N7O3/c1-24(2,40-3)14-33-22-34-20(35-37(22)18-7-5-4-6-17(18)27)12-32-23(39)36(13-19(38)25(28,29)30)21(31)15-8-10-16(26)11-9-15/h4-11,19,31,38H,12-14H2,1-3H3,(H,32,39)(H,33,34,35)/t19-/m0/s1. The van der Waals surface area contributed by atoms with Gasteiger partial charge in [-0.25, -0.2) is 4.79 Å². The first-order valence-electron chi connectivity index (χ1n) is 11.9. The number of methoxy groups -OCH3 is 1. The van der Waals surface area contributed by atoms with Crippen LogP contribution in [0.3, 0.4) is 0 Å². The fourth-order valence-corrected chi connectivity index (χ4v) is 3.61. The maximum absolute atomic E-state index is 13.1. The Balaban J connectivity index is 1.86. The summed E-state index contributed by atoms with van der Waals surface area (Å²) in [5, 5.41) is 28.7. The zero-order valence-electron chi connectivity index (χ0n) is 21.8. The first-order valence-corrected chi connectivity index (χ1v) is 12.6. The second kappa shape index (κ2) is 12.9. The van der Waals surface area contributed by atoms with Crippen LogP contribution in [0.25, 0.3) is 5.69 Å². The summed E-state index contributed by atoms with van der Waals surface area (Å²) in [5.41, 5.74) is 0.0433. The van der Waals surface area contributed by atoms with Gasteiger partial charge in [0.05, 0.1) is 29.4 Å². The molecule has 0 saturated heterocycles. The predicted molar refractivity (Wildman–Crippen MR) is 145 cm³/mol. The second-order valence-corrected chi connectivity index (χ2v) is 10.1. The number of hydrogen-bond donors (Lipinski definition) is 4.